The van der Waals surface area contributed by atoms with Gasteiger partial charge in [-0.1, -0.05) is 0 Å². The molecule has 2 aliphatic rings. The maximum Gasteiger partial charge on any atom is 0.257 e. The molecule has 1 aliphatic heterocycles. The topological polar surface area (TPSA) is 82.4 Å². The fraction of sp³-hybridized carbons (Fsp3) is 0.520. The Morgan fingerprint density at radius 3 is 2.41 bits per heavy atom. The van der Waals surface area contributed by atoms with Crippen LogP contribution in [0.15, 0.2) is 29.4 Å². The van der Waals surface area contributed by atoms with Crippen LogP contribution in [0.3, 0.4) is 0 Å². The van der Waals surface area contributed by atoms with Gasteiger partial charge in [-0.25, -0.2) is 4.98 Å². The Balaban J connectivity index is 1.85. The van der Waals surface area contributed by atoms with Gasteiger partial charge >= 0.3 is 0 Å². The highest BCUT2D eigenvalue weighted by molar-refractivity contribution is 6.15. The summed E-state index contributed by atoms with van der Waals surface area (Å²) in [5, 5.41) is 10.4. The molecule has 0 amide bonds. The maximum atomic E-state index is 10.4. The van der Waals surface area contributed by atoms with Crippen LogP contribution in [0.1, 0.15) is 62.6 Å². The lowest BCUT2D eigenvalue weighted by atomic mass is 9.74. The molecule has 1 aromatic carbocycles. The number of pyridine rings is 1. The molecule has 2 heterocycles. The molecule has 7 heteroatoms. The lowest BCUT2D eigenvalue weighted by molar-refractivity contribution is 0.111. The number of aliphatic hydroxyl groups excluding tert-OH is 1. The van der Waals surface area contributed by atoms with Gasteiger partial charge in [0.2, 0.25) is 0 Å². The minimum atomic E-state index is -0.310. The molecular formula is C25H32N2O5. The summed E-state index contributed by atoms with van der Waals surface area (Å²) in [7, 11) is 1.64. The molecule has 0 spiro atoms. The van der Waals surface area contributed by atoms with Crippen molar-refractivity contribution < 1.29 is 24.1 Å². The van der Waals surface area contributed by atoms with Gasteiger partial charge in [-0.15, -0.1) is 0 Å². The second kappa shape index (κ2) is 9.77. The molecule has 0 bridgehead atoms. The summed E-state index contributed by atoms with van der Waals surface area (Å²) in [4.78, 5) is 9.67. The van der Waals surface area contributed by atoms with E-state index in [4.69, 9.17) is 23.9 Å². The molecule has 1 aromatic heterocycles. The highest BCUT2D eigenvalue weighted by atomic mass is 16.5. The summed E-state index contributed by atoms with van der Waals surface area (Å²) in [6.45, 7) is 7.40. The van der Waals surface area contributed by atoms with E-state index in [-0.39, 0.29) is 18.1 Å². The van der Waals surface area contributed by atoms with Crippen LogP contribution in [0.2, 0.25) is 0 Å². The second-order valence-electron chi connectivity index (χ2n) is 8.04. The lowest BCUT2D eigenvalue weighted by Gasteiger charge is -2.37. The van der Waals surface area contributed by atoms with Gasteiger partial charge in [-0.3, -0.25) is 4.99 Å². The average molecular weight is 441 g/mol. The van der Waals surface area contributed by atoms with E-state index in [9.17, 15) is 5.11 Å². The van der Waals surface area contributed by atoms with E-state index >= 15 is 0 Å². The summed E-state index contributed by atoms with van der Waals surface area (Å²) >= 11 is 0. The molecule has 3 atom stereocenters. The SMILES string of the molecule is CCOc1cc2c(cc1OC)C(c1cnc(OCC)c(OCC)c1)=N[C@@H]1CC[C@@H](O)C[C@H]21. The summed E-state index contributed by atoms with van der Waals surface area (Å²) in [6, 6.07) is 6.11. The van der Waals surface area contributed by atoms with E-state index < -0.39 is 0 Å². The Morgan fingerprint density at radius 1 is 0.938 bits per heavy atom. The van der Waals surface area contributed by atoms with Crippen molar-refractivity contribution in [2.24, 2.45) is 4.99 Å². The van der Waals surface area contributed by atoms with Crippen molar-refractivity contribution in [2.45, 2.75) is 58.1 Å². The number of methoxy groups -OCH3 is 1. The van der Waals surface area contributed by atoms with Crippen LogP contribution < -0.4 is 18.9 Å². The molecule has 172 valence electrons. The van der Waals surface area contributed by atoms with Crippen molar-refractivity contribution in [2.75, 3.05) is 26.9 Å². The zero-order valence-corrected chi connectivity index (χ0v) is 19.3. The van der Waals surface area contributed by atoms with Gasteiger partial charge in [0.05, 0.1) is 44.8 Å². The van der Waals surface area contributed by atoms with Gasteiger partial charge < -0.3 is 24.1 Å². The van der Waals surface area contributed by atoms with E-state index in [0.717, 1.165) is 35.2 Å². The summed E-state index contributed by atoms with van der Waals surface area (Å²) in [5.74, 6) is 2.61. The third-order valence-electron chi connectivity index (χ3n) is 6.04. The summed E-state index contributed by atoms with van der Waals surface area (Å²) in [6.07, 6.45) is 3.77. The molecule has 0 radical (unpaired) electrons. The molecule has 7 nitrogen and oxygen atoms in total. The molecule has 1 fully saturated rings. The number of hydrogen-bond acceptors (Lipinski definition) is 7. The quantitative estimate of drug-likeness (QED) is 0.665. The Morgan fingerprint density at radius 2 is 1.69 bits per heavy atom. The normalized spacial score (nSPS) is 21.8. The Bertz CT molecular complexity index is 991. The molecule has 32 heavy (non-hydrogen) atoms. The standard InChI is InChI=1S/C25H32N2O5/c1-5-30-22-12-17-18-11-16(28)8-9-20(18)27-24(19(17)13-21(22)29-4)15-10-23(31-6-2)25(26-14-15)32-7-3/h10,12-14,16,18,20,28H,5-9,11H2,1-4H3/t16-,18-,20-/m1/s1. The number of aliphatic hydroxyl groups is 1. The predicted molar refractivity (Wildman–Crippen MR) is 123 cm³/mol. The van der Waals surface area contributed by atoms with Crippen molar-refractivity contribution in [1.82, 2.24) is 4.98 Å². The first-order chi connectivity index (χ1) is 15.6. The number of rotatable bonds is 8. The minimum absolute atomic E-state index is 0.103. The third kappa shape index (κ3) is 4.26. The smallest absolute Gasteiger partial charge is 0.257 e. The van der Waals surface area contributed by atoms with Gasteiger partial charge in [0.1, 0.15) is 0 Å². The van der Waals surface area contributed by atoms with Crippen LogP contribution in [0, 0.1) is 0 Å². The predicted octanol–water partition coefficient (Wildman–Crippen LogP) is 4.13. The monoisotopic (exact) mass is 440 g/mol. The molecule has 2 aromatic rings. The number of nitrogens with zero attached hydrogens (tertiary/aromatic N) is 2. The van der Waals surface area contributed by atoms with Gasteiger partial charge in [-0.2, -0.15) is 0 Å². The van der Waals surface area contributed by atoms with E-state index in [1.165, 1.54) is 0 Å². The minimum Gasteiger partial charge on any atom is -0.493 e. The van der Waals surface area contributed by atoms with Gasteiger partial charge in [-0.05, 0) is 63.8 Å². The van der Waals surface area contributed by atoms with Crippen LogP contribution in [-0.2, 0) is 0 Å². The Hall–Kier alpha value is -2.80. The number of fused-ring (bicyclic) bond motifs is 3. The van der Waals surface area contributed by atoms with Crippen LogP contribution >= 0.6 is 0 Å². The van der Waals surface area contributed by atoms with Gasteiger partial charge in [0.25, 0.3) is 5.88 Å². The fourth-order valence-electron chi connectivity index (χ4n) is 4.67. The number of ether oxygens (including phenoxy) is 4. The zero-order valence-electron chi connectivity index (χ0n) is 19.3. The van der Waals surface area contributed by atoms with E-state index in [0.29, 0.717) is 49.4 Å². The Kier molecular flexibility index (Phi) is 6.84. The highest BCUT2D eigenvalue weighted by Gasteiger charge is 2.37. The van der Waals surface area contributed by atoms with E-state index in [1.807, 2.05) is 32.9 Å². The zero-order chi connectivity index (χ0) is 22.7. The largest absolute Gasteiger partial charge is 0.493 e. The molecule has 1 saturated carbocycles. The second-order valence-corrected chi connectivity index (χ2v) is 8.04. The van der Waals surface area contributed by atoms with Crippen molar-refractivity contribution in [1.29, 1.82) is 0 Å². The van der Waals surface area contributed by atoms with Crippen molar-refractivity contribution in [3.05, 3.63) is 41.1 Å². The molecular weight excluding hydrogens is 408 g/mol. The first kappa shape index (κ1) is 22.4. The molecule has 1 N–H and O–H groups in total. The van der Waals surface area contributed by atoms with E-state index in [2.05, 4.69) is 11.1 Å². The molecule has 4 rings (SSSR count). The summed E-state index contributed by atoms with van der Waals surface area (Å²) < 4.78 is 22.9. The number of aromatic nitrogens is 1. The molecule has 0 saturated heterocycles. The van der Waals surface area contributed by atoms with Crippen LogP contribution in [0.5, 0.6) is 23.1 Å². The van der Waals surface area contributed by atoms with Gasteiger partial charge in [0.15, 0.2) is 17.2 Å². The lowest BCUT2D eigenvalue weighted by Crippen LogP contribution is -2.34. The average Bonchev–Trinajstić information content (AvgIpc) is 2.80. The Labute approximate surface area is 189 Å². The number of aliphatic imine (C=N–C) groups is 1. The van der Waals surface area contributed by atoms with Crippen molar-refractivity contribution >= 4 is 5.71 Å². The van der Waals surface area contributed by atoms with Crippen LogP contribution in [-0.4, -0.2) is 54.9 Å². The molecule has 0 unspecified atom stereocenters. The van der Waals surface area contributed by atoms with E-state index in [1.54, 1.807) is 13.3 Å². The maximum absolute atomic E-state index is 10.4. The third-order valence-corrected chi connectivity index (χ3v) is 6.04. The van der Waals surface area contributed by atoms with Crippen molar-refractivity contribution in [3.8, 4) is 23.1 Å². The van der Waals surface area contributed by atoms with Gasteiger partial charge in [0, 0.05) is 23.2 Å². The first-order valence-electron chi connectivity index (χ1n) is 11.5. The summed E-state index contributed by atoms with van der Waals surface area (Å²) in [5.41, 5.74) is 3.84. The number of hydrogen-bond donors (Lipinski definition) is 1. The van der Waals surface area contributed by atoms with Crippen molar-refractivity contribution in [3.63, 3.8) is 0 Å². The highest BCUT2D eigenvalue weighted by Crippen LogP contribution is 2.45. The van der Waals surface area contributed by atoms with Crippen LogP contribution in [0.4, 0.5) is 0 Å². The molecule has 1 aliphatic carbocycles. The number of benzene rings is 1. The first-order valence-corrected chi connectivity index (χ1v) is 11.5. The fourth-order valence-corrected chi connectivity index (χ4v) is 4.67. The van der Waals surface area contributed by atoms with Crippen LogP contribution in [0.25, 0.3) is 0 Å².